The molecule has 0 atom stereocenters. The summed E-state index contributed by atoms with van der Waals surface area (Å²) in [5, 5.41) is 6.03. The summed E-state index contributed by atoms with van der Waals surface area (Å²) in [5.74, 6) is 0.233. The molecule has 2 aromatic carbocycles. The first-order valence-electron chi connectivity index (χ1n) is 15.8. The molecule has 3 heterocycles. The molecule has 2 amide bonds. The maximum atomic E-state index is 14.0. The molecule has 0 unspecified atom stereocenters. The number of rotatable bonds is 7. The van der Waals surface area contributed by atoms with Gasteiger partial charge in [0.1, 0.15) is 5.60 Å². The van der Waals surface area contributed by atoms with Crippen molar-refractivity contribution in [3.8, 4) is 0 Å². The first kappa shape index (κ1) is 33.2. The topological polar surface area (TPSA) is 96.5 Å². The van der Waals surface area contributed by atoms with Crippen molar-refractivity contribution >= 4 is 29.3 Å². The van der Waals surface area contributed by atoms with Crippen molar-refractivity contribution in [1.82, 2.24) is 14.9 Å². The smallest absolute Gasteiger partial charge is 0.419 e. The van der Waals surface area contributed by atoms with E-state index in [0.717, 1.165) is 47.0 Å². The third-order valence-electron chi connectivity index (χ3n) is 8.77. The molecule has 0 aliphatic carbocycles. The summed E-state index contributed by atoms with van der Waals surface area (Å²) in [5.41, 5.74) is 2.90. The van der Waals surface area contributed by atoms with Crippen LogP contribution in [0.15, 0.2) is 42.6 Å². The quantitative estimate of drug-likeness (QED) is 0.273. The highest BCUT2D eigenvalue weighted by Gasteiger charge is 2.40. The van der Waals surface area contributed by atoms with Crippen molar-refractivity contribution in [3.05, 3.63) is 76.1 Å². The molecule has 0 spiro atoms. The van der Waals surface area contributed by atoms with E-state index in [1.54, 1.807) is 11.0 Å². The Hall–Kier alpha value is -4.15. The minimum Gasteiger partial charge on any atom is -0.444 e. The van der Waals surface area contributed by atoms with E-state index in [9.17, 15) is 22.8 Å². The Labute approximate surface area is 268 Å². The first-order chi connectivity index (χ1) is 21.6. The zero-order chi connectivity index (χ0) is 33.4. The van der Waals surface area contributed by atoms with E-state index in [4.69, 9.17) is 4.74 Å². The number of anilines is 3. The number of fused-ring (bicyclic) bond motifs is 1. The van der Waals surface area contributed by atoms with Crippen LogP contribution >= 0.6 is 0 Å². The zero-order valence-electron chi connectivity index (χ0n) is 27.3. The number of hydrogen-bond donors (Lipinski definition) is 2. The number of alkyl halides is 3. The van der Waals surface area contributed by atoms with Gasteiger partial charge in [-0.3, -0.25) is 4.79 Å². The lowest BCUT2D eigenvalue weighted by Gasteiger charge is -2.33. The van der Waals surface area contributed by atoms with E-state index in [1.807, 2.05) is 65.8 Å². The van der Waals surface area contributed by atoms with Gasteiger partial charge in [-0.05, 0) is 107 Å². The number of aryl methyl sites for hydroxylation is 3. The number of piperidine rings is 1. The van der Waals surface area contributed by atoms with Gasteiger partial charge >= 0.3 is 12.3 Å². The van der Waals surface area contributed by atoms with Gasteiger partial charge < -0.3 is 20.3 Å². The molecule has 46 heavy (non-hydrogen) atoms. The van der Waals surface area contributed by atoms with Gasteiger partial charge in [-0.1, -0.05) is 31.2 Å². The van der Waals surface area contributed by atoms with Gasteiger partial charge in [0.25, 0.3) is 0 Å². The third-order valence-corrected chi connectivity index (χ3v) is 8.77. The molecule has 0 bridgehead atoms. The molecule has 1 fully saturated rings. The number of carbonyl (C=O) groups is 2. The van der Waals surface area contributed by atoms with Gasteiger partial charge in [0.15, 0.2) is 0 Å². The number of benzene rings is 2. The number of carbonyl (C=O) groups excluding carboxylic acids is 2. The molecule has 1 aromatic heterocycles. The molecule has 0 radical (unpaired) electrons. The fourth-order valence-corrected chi connectivity index (χ4v) is 6.32. The van der Waals surface area contributed by atoms with Gasteiger partial charge in [-0.25, -0.2) is 14.8 Å². The molecule has 5 rings (SSSR count). The number of nitrogens with zero attached hydrogens (tertiary/aromatic N) is 3. The highest BCUT2D eigenvalue weighted by atomic mass is 19.4. The number of aromatic nitrogens is 2. The molecule has 8 nitrogen and oxygen atoms in total. The van der Waals surface area contributed by atoms with Crippen LogP contribution in [0.2, 0.25) is 0 Å². The van der Waals surface area contributed by atoms with E-state index in [1.165, 1.54) is 0 Å². The summed E-state index contributed by atoms with van der Waals surface area (Å²) >= 11 is 0. The number of amides is 2. The van der Waals surface area contributed by atoms with E-state index >= 15 is 0 Å². The molecular weight excluding hydrogens is 595 g/mol. The summed E-state index contributed by atoms with van der Waals surface area (Å²) in [6.07, 6.45) is -1.44. The summed E-state index contributed by atoms with van der Waals surface area (Å²) in [6.45, 7) is 12.4. The van der Waals surface area contributed by atoms with Gasteiger partial charge in [0.2, 0.25) is 11.9 Å². The molecule has 2 aliphatic heterocycles. The lowest BCUT2D eigenvalue weighted by Crippen LogP contribution is -2.41. The van der Waals surface area contributed by atoms with Crippen LogP contribution in [0.4, 0.5) is 35.3 Å². The average molecular weight is 638 g/mol. The maximum absolute atomic E-state index is 14.0. The molecular formula is C35H42F3N5O3. The van der Waals surface area contributed by atoms with Gasteiger partial charge in [-0.2, -0.15) is 13.2 Å². The predicted molar refractivity (Wildman–Crippen MR) is 171 cm³/mol. The van der Waals surface area contributed by atoms with Crippen LogP contribution in [-0.2, 0) is 40.4 Å². The van der Waals surface area contributed by atoms with Crippen LogP contribution in [0, 0.1) is 0 Å². The minimum atomic E-state index is -4.61. The first-order valence-corrected chi connectivity index (χ1v) is 15.8. The Morgan fingerprint density at radius 2 is 1.80 bits per heavy atom. The standard InChI is InChI=1S/C35H42F3N5O3/c1-7-21-19-24(22-15-17-43(18-16-22)32(45)46-33(2,3)4)12-13-26(21)41-31-39-20-25(35(36,37)38)27(42-31)14-11-23-9-8-10-28-29(23)34(5,6)30(44)40-28/h8-10,12-13,19-20,22H,7,11,14-18H2,1-6H3,(H,40,44)(H,39,41,42). The fraction of sp³-hybridized carbons (Fsp3) is 0.486. The molecule has 1 saturated heterocycles. The minimum absolute atomic E-state index is 0.0222. The SMILES string of the molecule is CCc1cc(C2CCN(C(=O)OC(C)(C)C)CC2)ccc1Nc1ncc(C(F)(F)F)c(CCc2cccc3c2C(C)(C)C(=O)N3)n1. The lowest BCUT2D eigenvalue weighted by atomic mass is 9.82. The zero-order valence-corrected chi connectivity index (χ0v) is 27.3. The third kappa shape index (κ3) is 7.13. The number of nitrogens with one attached hydrogen (secondary N) is 2. The highest BCUT2D eigenvalue weighted by Crippen LogP contribution is 2.40. The van der Waals surface area contributed by atoms with Gasteiger partial charge in [-0.15, -0.1) is 0 Å². The van der Waals surface area contributed by atoms with Crippen LogP contribution in [-0.4, -0.2) is 45.6 Å². The molecule has 11 heteroatoms. The van der Waals surface area contributed by atoms with Crippen LogP contribution in [0.1, 0.15) is 93.8 Å². The highest BCUT2D eigenvalue weighted by molar-refractivity contribution is 6.06. The van der Waals surface area contributed by atoms with Crippen molar-refractivity contribution in [2.24, 2.45) is 0 Å². The Kier molecular flexibility index (Phi) is 9.07. The number of halogens is 3. The van der Waals surface area contributed by atoms with Gasteiger partial charge in [0, 0.05) is 30.7 Å². The van der Waals surface area contributed by atoms with E-state index in [0.29, 0.717) is 25.2 Å². The normalized spacial score (nSPS) is 16.6. The largest absolute Gasteiger partial charge is 0.444 e. The summed E-state index contributed by atoms with van der Waals surface area (Å²) in [7, 11) is 0. The van der Waals surface area contributed by atoms with E-state index in [-0.39, 0.29) is 42.4 Å². The molecule has 2 N–H and O–H groups in total. The Balaban J connectivity index is 1.32. The number of hydrogen-bond acceptors (Lipinski definition) is 6. The van der Waals surface area contributed by atoms with Crippen molar-refractivity contribution in [2.45, 2.75) is 96.8 Å². The maximum Gasteiger partial charge on any atom is 0.419 e. The van der Waals surface area contributed by atoms with Gasteiger partial charge in [0.05, 0.1) is 16.7 Å². The van der Waals surface area contributed by atoms with Crippen molar-refractivity contribution in [1.29, 1.82) is 0 Å². The monoisotopic (exact) mass is 637 g/mol. The van der Waals surface area contributed by atoms with E-state index < -0.39 is 22.8 Å². The van der Waals surface area contributed by atoms with Crippen molar-refractivity contribution in [3.63, 3.8) is 0 Å². The van der Waals surface area contributed by atoms with Crippen LogP contribution in [0.3, 0.4) is 0 Å². The average Bonchev–Trinajstić information content (AvgIpc) is 3.22. The summed E-state index contributed by atoms with van der Waals surface area (Å²) in [6, 6.07) is 11.5. The Bertz CT molecular complexity index is 1620. The predicted octanol–water partition coefficient (Wildman–Crippen LogP) is 7.93. The summed E-state index contributed by atoms with van der Waals surface area (Å²) < 4.78 is 47.6. The van der Waals surface area contributed by atoms with Crippen molar-refractivity contribution < 1.29 is 27.5 Å². The molecule has 246 valence electrons. The van der Waals surface area contributed by atoms with E-state index in [2.05, 4.69) is 26.7 Å². The Morgan fingerprint density at radius 1 is 1.09 bits per heavy atom. The molecule has 2 aliphatic rings. The second-order valence-corrected chi connectivity index (χ2v) is 13.6. The fourth-order valence-electron chi connectivity index (χ4n) is 6.32. The number of ether oxygens (including phenoxy) is 1. The second-order valence-electron chi connectivity index (χ2n) is 13.6. The summed E-state index contributed by atoms with van der Waals surface area (Å²) in [4.78, 5) is 35.1. The molecule has 0 saturated carbocycles. The lowest BCUT2D eigenvalue weighted by molar-refractivity contribution is -0.138. The van der Waals surface area contributed by atoms with Crippen molar-refractivity contribution in [2.75, 3.05) is 23.7 Å². The Morgan fingerprint density at radius 3 is 2.46 bits per heavy atom. The molecule has 3 aromatic rings. The van der Waals surface area contributed by atoms with Crippen LogP contribution in [0.5, 0.6) is 0 Å². The van der Waals surface area contributed by atoms with Crippen LogP contribution < -0.4 is 10.6 Å². The van der Waals surface area contributed by atoms with Crippen LogP contribution in [0.25, 0.3) is 0 Å². The number of likely N-dealkylation sites (tertiary alicyclic amines) is 1. The second kappa shape index (κ2) is 12.6.